The molecule has 5 heteroatoms. The quantitative estimate of drug-likeness (QED) is 0.664. The number of carbonyl (C=O) groups excluding carboxylic acids is 1. The highest BCUT2D eigenvalue weighted by Gasteiger charge is 2.21. The van der Waals surface area contributed by atoms with Gasteiger partial charge in [0, 0.05) is 12.3 Å². The number of hydrogen-bond acceptors (Lipinski definition) is 4. The zero-order valence-corrected chi connectivity index (χ0v) is 6.71. The molecular weight excluding hydrogens is 180 g/mol. The van der Waals surface area contributed by atoms with E-state index in [9.17, 15) is 4.79 Å². The Labute approximate surface area is 73.5 Å². The second-order valence-corrected chi connectivity index (χ2v) is 2.76. The van der Waals surface area contributed by atoms with Crippen molar-refractivity contribution in [2.24, 2.45) is 0 Å². The molecule has 0 spiro atoms. The van der Waals surface area contributed by atoms with Crippen LogP contribution in [0.4, 0.5) is 5.82 Å². The Hall–Kier alpha value is -1.29. The highest BCUT2D eigenvalue weighted by Crippen LogP contribution is 2.30. The van der Waals surface area contributed by atoms with Crippen molar-refractivity contribution in [3.63, 3.8) is 0 Å². The topological polar surface area (TPSA) is 51.2 Å². The van der Waals surface area contributed by atoms with E-state index in [1.807, 2.05) is 0 Å². The number of aromatic nitrogens is 1. The average Bonchev–Trinajstić information content (AvgIpc) is 2.46. The molecule has 4 nitrogen and oxygen atoms in total. The zero-order chi connectivity index (χ0) is 8.55. The molecule has 1 aromatic heterocycles. The maximum absolute atomic E-state index is 10.3. The first-order chi connectivity index (χ1) is 5.79. The third kappa shape index (κ3) is 1.10. The van der Waals surface area contributed by atoms with E-state index in [1.54, 1.807) is 6.07 Å². The predicted molar refractivity (Wildman–Crippen MR) is 43.3 cm³/mol. The number of hydrogen-bond donors (Lipinski definition) is 1. The molecule has 0 saturated heterocycles. The first-order valence-corrected chi connectivity index (χ1v) is 3.71. The molecule has 62 valence electrons. The van der Waals surface area contributed by atoms with Gasteiger partial charge in [-0.25, -0.2) is 4.98 Å². The smallest absolute Gasteiger partial charge is 0.227 e. The van der Waals surface area contributed by atoms with Gasteiger partial charge in [-0.05, 0) is 0 Å². The minimum Gasteiger partial charge on any atom is -0.460 e. The molecule has 12 heavy (non-hydrogen) atoms. The second-order valence-electron chi connectivity index (χ2n) is 2.32. The number of aldehydes is 1. The van der Waals surface area contributed by atoms with E-state index in [0.717, 1.165) is 0 Å². The van der Waals surface area contributed by atoms with Crippen LogP contribution in [0.25, 0.3) is 0 Å². The van der Waals surface area contributed by atoms with Gasteiger partial charge in [-0.15, -0.1) is 0 Å². The van der Waals surface area contributed by atoms with Crippen LogP contribution in [0.5, 0.6) is 5.75 Å². The molecule has 0 aliphatic carbocycles. The minimum atomic E-state index is -0.633. The normalized spacial score (nSPS) is 19.2. The molecule has 1 unspecified atom stereocenters. The fourth-order valence-corrected chi connectivity index (χ4v) is 1.13. The highest BCUT2D eigenvalue weighted by molar-refractivity contribution is 6.30. The van der Waals surface area contributed by atoms with Crippen LogP contribution in [0, 0.1) is 0 Å². The molecule has 1 N–H and O–H groups in total. The summed E-state index contributed by atoms with van der Waals surface area (Å²) in [7, 11) is 0. The number of rotatable bonds is 1. The first-order valence-electron chi connectivity index (χ1n) is 3.33. The van der Waals surface area contributed by atoms with Crippen molar-refractivity contribution in [2.45, 2.75) is 6.23 Å². The fourth-order valence-electron chi connectivity index (χ4n) is 0.982. The summed E-state index contributed by atoms with van der Waals surface area (Å²) in [5.74, 6) is 1.07. The number of anilines is 1. The summed E-state index contributed by atoms with van der Waals surface area (Å²) in [6.07, 6.45) is 1.52. The maximum Gasteiger partial charge on any atom is 0.227 e. The van der Waals surface area contributed by atoms with Crippen LogP contribution in [-0.4, -0.2) is 17.5 Å². The van der Waals surface area contributed by atoms with Crippen molar-refractivity contribution in [3.8, 4) is 5.75 Å². The van der Waals surface area contributed by atoms with Gasteiger partial charge in [0.1, 0.15) is 0 Å². The molecule has 0 saturated carbocycles. The van der Waals surface area contributed by atoms with Crippen molar-refractivity contribution in [1.29, 1.82) is 0 Å². The summed E-state index contributed by atoms with van der Waals surface area (Å²) < 4.78 is 5.11. The number of ether oxygens (including phenoxy) is 1. The van der Waals surface area contributed by atoms with Crippen molar-refractivity contribution in [1.82, 2.24) is 4.98 Å². The van der Waals surface area contributed by atoms with E-state index >= 15 is 0 Å². The van der Waals surface area contributed by atoms with E-state index in [0.29, 0.717) is 22.9 Å². The number of carbonyl (C=O) groups is 1. The van der Waals surface area contributed by atoms with Gasteiger partial charge in [-0.1, -0.05) is 11.6 Å². The lowest BCUT2D eigenvalue weighted by Gasteiger charge is -1.99. The number of nitrogens with one attached hydrogen (secondary N) is 1. The molecule has 1 atom stereocenters. The molecule has 0 bridgehead atoms. The van der Waals surface area contributed by atoms with Crippen LogP contribution >= 0.6 is 11.6 Å². The SMILES string of the molecule is O=CC1Nc2ncc(Cl)cc2O1. The van der Waals surface area contributed by atoms with Crippen LogP contribution < -0.4 is 10.1 Å². The van der Waals surface area contributed by atoms with Gasteiger partial charge >= 0.3 is 0 Å². The Morgan fingerprint density at radius 2 is 2.58 bits per heavy atom. The van der Waals surface area contributed by atoms with Crippen molar-refractivity contribution in [3.05, 3.63) is 17.3 Å². The molecule has 1 aliphatic heterocycles. The van der Waals surface area contributed by atoms with Crippen LogP contribution in [-0.2, 0) is 4.79 Å². The van der Waals surface area contributed by atoms with E-state index in [-0.39, 0.29) is 0 Å². The third-order valence-electron chi connectivity index (χ3n) is 1.48. The monoisotopic (exact) mass is 184 g/mol. The minimum absolute atomic E-state index is 0.488. The van der Waals surface area contributed by atoms with E-state index in [1.165, 1.54) is 6.20 Å². The van der Waals surface area contributed by atoms with E-state index in [4.69, 9.17) is 16.3 Å². The fraction of sp³-hybridized carbons (Fsp3) is 0.143. The number of pyridine rings is 1. The molecule has 1 aromatic rings. The molecule has 0 aromatic carbocycles. The summed E-state index contributed by atoms with van der Waals surface area (Å²) in [5, 5.41) is 3.24. The molecule has 2 heterocycles. The number of halogens is 1. The van der Waals surface area contributed by atoms with Crippen molar-refractivity contribution >= 4 is 23.7 Å². The van der Waals surface area contributed by atoms with Crippen LogP contribution in [0.2, 0.25) is 5.02 Å². The summed E-state index contributed by atoms with van der Waals surface area (Å²) in [4.78, 5) is 14.2. The second kappa shape index (κ2) is 2.64. The van der Waals surface area contributed by atoms with Crippen LogP contribution in [0.1, 0.15) is 0 Å². The Kier molecular flexibility index (Phi) is 1.62. The van der Waals surface area contributed by atoms with Crippen LogP contribution in [0.3, 0.4) is 0 Å². The summed E-state index contributed by atoms with van der Waals surface area (Å²) in [5.41, 5.74) is 0. The highest BCUT2D eigenvalue weighted by atomic mass is 35.5. The molecule has 0 amide bonds. The Balaban J connectivity index is 2.35. The standard InChI is InChI=1S/C7H5ClN2O2/c8-4-1-5-7(9-2-4)10-6(3-11)12-5/h1-3,6H,(H,9,10). The molecule has 0 radical (unpaired) electrons. The number of nitrogens with zero attached hydrogens (tertiary/aromatic N) is 1. The predicted octanol–water partition coefficient (Wildman–Crippen LogP) is 1.06. The van der Waals surface area contributed by atoms with Crippen molar-refractivity contribution < 1.29 is 9.53 Å². The van der Waals surface area contributed by atoms with Gasteiger partial charge < -0.3 is 10.1 Å². The number of fused-ring (bicyclic) bond motifs is 1. The van der Waals surface area contributed by atoms with Gasteiger partial charge in [-0.3, -0.25) is 4.79 Å². The van der Waals surface area contributed by atoms with Gasteiger partial charge in [0.15, 0.2) is 17.9 Å². The summed E-state index contributed by atoms with van der Waals surface area (Å²) in [6.45, 7) is 0. The van der Waals surface area contributed by atoms with Crippen molar-refractivity contribution in [2.75, 3.05) is 5.32 Å². The third-order valence-corrected chi connectivity index (χ3v) is 1.68. The zero-order valence-electron chi connectivity index (χ0n) is 5.95. The molecule has 2 rings (SSSR count). The average molecular weight is 185 g/mol. The Morgan fingerprint density at radius 1 is 1.75 bits per heavy atom. The molecule has 0 fully saturated rings. The Bertz CT molecular complexity index is 329. The largest absolute Gasteiger partial charge is 0.460 e. The lowest BCUT2D eigenvalue weighted by Crippen LogP contribution is -2.21. The van der Waals surface area contributed by atoms with Gasteiger partial charge in [0.2, 0.25) is 6.23 Å². The summed E-state index contributed by atoms with van der Waals surface area (Å²) in [6, 6.07) is 1.61. The van der Waals surface area contributed by atoms with Crippen LogP contribution in [0.15, 0.2) is 12.3 Å². The van der Waals surface area contributed by atoms with Gasteiger partial charge in [-0.2, -0.15) is 0 Å². The molecular formula is C7H5ClN2O2. The summed E-state index contributed by atoms with van der Waals surface area (Å²) >= 11 is 5.66. The first kappa shape index (κ1) is 7.36. The van der Waals surface area contributed by atoms with Gasteiger partial charge in [0.05, 0.1) is 5.02 Å². The Morgan fingerprint density at radius 3 is 3.33 bits per heavy atom. The lowest BCUT2D eigenvalue weighted by molar-refractivity contribution is -0.112. The van der Waals surface area contributed by atoms with E-state index < -0.39 is 6.23 Å². The lowest BCUT2D eigenvalue weighted by atomic mass is 10.4. The molecule has 1 aliphatic rings. The van der Waals surface area contributed by atoms with Gasteiger partial charge in [0.25, 0.3) is 0 Å². The van der Waals surface area contributed by atoms with E-state index in [2.05, 4.69) is 10.3 Å². The maximum atomic E-state index is 10.3.